The Morgan fingerprint density at radius 3 is 2.56 bits per heavy atom. The monoisotopic (exact) mass is 280 g/mol. The first-order valence-corrected chi connectivity index (χ1v) is 6.49. The molecular weight excluding hydrogens is 267 g/mol. The first-order chi connectivity index (χ1) is 8.65. The van der Waals surface area contributed by atoms with Crippen LogP contribution < -0.4 is 5.32 Å². The molecule has 4 heteroatoms. The van der Waals surface area contributed by atoms with Gasteiger partial charge in [-0.3, -0.25) is 4.98 Å². The van der Waals surface area contributed by atoms with Crippen molar-refractivity contribution >= 4 is 23.2 Å². The highest BCUT2D eigenvalue weighted by Gasteiger charge is 2.05. The molecular formula is C14H14Cl2N2. The van der Waals surface area contributed by atoms with Crippen molar-refractivity contribution in [2.75, 3.05) is 0 Å². The van der Waals surface area contributed by atoms with Gasteiger partial charge in [0.15, 0.2) is 0 Å². The van der Waals surface area contributed by atoms with E-state index >= 15 is 0 Å². The number of benzene rings is 1. The van der Waals surface area contributed by atoms with Crippen LogP contribution in [0.3, 0.4) is 0 Å². The lowest BCUT2D eigenvalue weighted by Crippen LogP contribution is -2.18. The Labute approximate surface area is 117 Å². The van der Waals surface area contributed by atoms with Gasteiger partial charge in [-0.2, -0.15) is 0 Å². The van der Waals surface area contributed by atoms with E-state index in [4.69, 9.17) is 23.2 Å². The quantitative estimate of drug-likeness (QED) is 0.906. The second kappa shape index (κ2) is 6.19. The molecule has 0 spiro atoms. The Morgan fingerprint density at radius 2 is 1.94 bits per heavy atom. The average Bonchev–Trinajstić information content (AvgIpc) is 2.36. The van der Waals surface area contributed by atoms with Gasteiger partial charge in [0.05, 0.1) is 0 Å². The predicted molar refractivity (Wildman–Crippen MR) is 76.0 cm³/mol. The Morgan fingerprint density at radius 1 is 1.22 bits per heavy atom. The van der Waals surface area contributed by atoms with E-state index in [1.54, 1.807) is 12.3 Å². The normalized spacial score (nSPS) is 12.4. The Kier molecular flexibility index (Phi) is 4.59. The first-order valence-electron chi connectivity index (χ1n) is 5.73. The van der Waals surface area contributed by atoms with Crippen molar-refractivity contribution in [1.82, 2.24) is 10.3 Å². The molecule has 94 valence electrons. The van der Waals surface area contributed by atoms with Crippen LogP contribution in [-0.4, -0.2) is 4.98 Å². The van der Waals surface area contributed by atoms with Crippen LogP contribution in [0.4, 0.5) is 0 Å². The van der Waals surface area contributed by atoms with Gasteiger partial charge in [-0.15, -0.1) is 0 Å². The summed E-state index contributed by atoms with van der Waals surface area (Å²) in [5.74, 6) is 0. The molecule has 0 aliphatic heterocycles. The van der Waals surface area contributed by atoms with Crippen LogP contribution in [0.15, 0.2) is 42.7 Å². The van der Waals surface area contributed by atoms with E-state index in [1.807, 2.05) is 24.4 Å². The van der Waals surface area contributed by atoms with Crippen LogP contribution in [-0.2, 0) is 6.54 Å². The third-order valence-corrected chi connectivity index (χ3v) is 3.16. The van der Waals surface area contributed by atoms with Gasteiger partial charge in [-0.1, -0.05) is 29.3 Å². The first kappa shape index (κ1) is 13.3. The largest absolute Gasteiger partial charge is 0.306 e. The van der Waals surface area contributed by atoms with Crippen molar-refractivity contribution in [3.63, 3.8) is 0 Å². The van der Waals surface area contributed by atoms with Crippen molar-refractivity contribution in [2.24, 2.45) is 0 Å². The fourth-order valence-corrected chi connectivity index (χ4v) is 2.31. The highest BCUT2D eigenvalue weighted by Crippen LogP contribution is 2.19. The van der Waals surface area contributed by atoms with Gasteiger partial charge in [0.1, 0.15) is 0 Å². The zero-order valence-corrected chi connectivity index (χ0v) is 11.5. The van der Waals surface area contributed by atoms with E-state index in [0.717, 1.165) is 17.7 Å². The molecule has 2 nitrogen and oxygen atoms in total. The molecule has 0 radical (unpaired) electrons. The molecule has 1 aromatic carbocycles. The molecule has 2 rings (SSSR count). The number of aromatic nitrogens is 1. The summed E-state index contributed by atoms with van der Waals surface area (Å²) in [5.41, 5.74) is 2.23. The minimum atomic E-state index is 0.233. The van der Waals surface area contributed by atoms with Gasteiger partial charge in [-0.25, -0.2) is 0 Å². The molecule has 0 unspecified atom stereocenters. The number of hydrogen-bond donors (Lipinski definition) is 1. The summed E-state index contributed by atoms with van der Waals surface area (Å²) in [5, 5.41) is 4.73. The second-order valence-corrected chi connectivity index (χ2v) is 5.04. The number of pyridine rings is 1. The summed E-state index contributed by atoms with van der Waals surface area (Å²) in [6, 6.07) is 9.78. The number of halogens is 2. The van der Waals surface area contributed by atoms with Crippen LogP contribution in [0.25, 0.3) is 0 Å². The van der Waals surface area contributed by atoms with E-state index in [0.29, 0.717) is 10.0 Å². The lowest BCUT2D eigenvalue weighted by molar-refractivity contribution is 0.573. The molecule has 2 aromatic rings. The number of nitrogens with zero attached hydrogens (tertiary/aromatic N) is 1. The van der Waals surface area contributed by atoms with Crippen molar-refractivity contribution in [3.05, 3.63) is 63.9 Å². The van der Waals surface area contributed by atoms with Gasteiger partial charge in [-0.05, 0) is 42.3 Å². The smallest absolute Gasteiger partial charge is 0.0424 e. The van der Waals surface area contributed by atoms with Crippen molar-refractivity contribution < 1.29 is 0 Å². The van der Waals surface area contributed by atoms with E-state index in [1.165, 1.54) is 0 Å². The van der Waals surface area contributed by atoms with E-state index < -0.39 is 0 Å². The molecule has 1 heterocycles. The van der Waals surface area contributed by atoms with Crippen LogP contribution in [0.1, 0.15) is 24.1 Å². The van der Waals surface area contributed by atoms with Crippen LogP contribution in [0.2, 0.25) is 10.0 Å². The zero-order valence-electron chi connectivity index (χ0n) is 10.0. The number of hydrogen-bond acceptors (Lipinski definition) is 2. The molecule has 0 aliphatic rings. The Balaban J connectivity index is 1.99. The highest BCUT2D eigenvalue weighted by atomic mass is 35.5. The molecule has 0 fully saturated rings. The fourth-order valence-electron chi connectivity index (χ4n) is 1.73. The molecule has 0 bridgehead atoms. The minimum absolute atomic E-state index is 0.233. The topological polar surface area (TPSA) is 24.9 Å². The summed E-state index contributed by atoms with van der Waals surface area (Å²) < 4.78 is 0. The fraction of sp³-hybridized carbons (Fsp3) is 0.214. The summed E-state index contributed by atoms with van der Waals surface area (Å²) >= 11 is 11.9. The molecule has 0 aliphatic carbocycles. The predicted octanol–water partition coefficient (Wildman–Crippen LogP) is 4.24. The lowest BCUT2D eigenvalue weighted by atomic mass is 10.1. The zero-order chi connectivity index (χ0) is 13.0. The maximum Gasteiger partial charge on any atom is 0.0424 e. The SMILES string of the molecule is C[C@@H](NCc1cc(Cl)cc(Cl)c1)c1cccnc1. The molecule has 1 N–H and O–H groups in total. The van der Waals surface area contributed by atoms with E-state index in [-0.39, 0.29) is 6.04 Å². The van der Waals surface area contributed by atoms with Gasteiger partial charge < -0.3 is 5.32 Å². The van der Waals surface area contributed by atoms with E-state index in [2.05, 4.69) is 23.3 Å². The number of rotatable bonds is 4. The summed E-state index contributed by atoms with van der Waals surface area (Å²) in [6.07, 6.45) is 3.63. The summed E-state index contributed by atoms with van der Waals surface area (Å²) in [7, 11) is 0. The van der Waals surface area contributed by atoms with Crippen LogP contribution in [0, 0.1) is 0 Å². The summed E-state index contributed by atoms with van der Waals surface area (Å²) in [4.78, 5) is 4.11. The molecule has 18 heavy (non-hydrogen) atoms. The van der Waals surface area contributed by atoms with Crippen molar-refractivity contribution in [1.29, 1.82) is 0 Å². The van der Waals surface area contributed by atoms with Gasteiger partial charge >= 0.3 is 0 Å². The summed E-state index contributed by atoms with van der Waals surface area (Å²) in [6.45, 7) is 2.82. The van der Waals surface area contributed by atoms with Gasteiger partial charge in [0, 0.05) is 35.0 Å². The highest BCUT2D eigenvalue weighted by molar-refractivity contribution is 6.34. The van der Waals surface area contributed by atoms with Crippen molar-refractivity contribution in [3.8, 4) is 0 Å². The third kappa shape index (κ3) is 3.70. The van der Waals surface area contributed by atoms with E-state index in [9.17, 15) is 0 Å². The maximum absolute atomic E-state index is 5.96. The van der Waals surface area contributed by atoms with Crippen molar-refractivity contribution in [2.45, 2.75) is 19.5 Å². The molecule has 0 saturated heterocycles. The maximum atomic E-state index is 5.96. The molecule has 0 saturated carbocycles. The minimum Gasteiger partial charge on any atom is -0.306 e. The van der Waals surface area contributed by atoms with Gasteiger partial charge in [0.2, 0.25) is 0 Å². The number of nitrogens with one attached hydrogen (secondary N) is 1. The third-order valence-electron chi connectivity index (χ3n) is 2.72. The Bertz CT molecular complexity index is 494. The standard InChI is InChI=1S/C14H14Cl2N2/c1-10(12-3-2-4-17-9-12)18-8-11-5-13(15)7-14(16)6-11/h2-7,9-10,18H,8H2,1H3/t10-/m1/s1. The lowest BCUT2D eigenvalue weighted by Gasteiger charge is -2.14. The van der Waals surface area contributed by atoms with Crippen LogP contribution in [0.5, 0.6) is 0 Å². The molecule has 0 amide bonds. The molecule has 1 atom stereocenters. The van der Waals surface area contributed by atoms with Gasteiger partial charge in [0.25, 0.3) is 0 Å². The Hall–Kier alpha value is -1.09. The molecule has 1 aromatic heterocycles. The average molecular weight is 281 g/mol. The second-order valence-electron chi connectivity index (χ2n) is 4.17. The van der Waals surface area contributed by atoms with Crippen LogP contribution >= 0.6 is 23.2 Å².